The zero-order valence-corrected chi connectivity index (χ0v) is 12.1. The Balaban J connectivity index is 1.59. The van der Waals surface area contributed by atoms with Gasteiger partial charge in [0.05, 0.1) is 26.3 Å². The third-order valence-corrected chi connectivity index (χ3v) is 4.11. The fourth-order valence-electron chi connectivity index (χ4n) is 2.84. The molecular weight excluding hydrogens is 258 g/mol. The van der Waals surface area contributed by atoms with E-state index in [9.17, 15) is 9.59 Å². The molecule has 2 aliphatic rings. The minimum atomic E-state index is -0.497. The molecule has 1 aliphatic carbocycles. The van der Waals surface area contributed by atoms with Crippen molar-refractivity contribution in [1.29, 1.82) is 0 Å². The molecule has 2 rings (SSSR count). The molecular formula is C14H26N3O3+. The van der Waals surface area contributed by atoms with Gasteiger partial charge in [0, 0.05) is 6.04 Å². The summed E-state index contributed by atoms with van der Waals surface area (Å²) in [4.78, 5) is 24.9. The van der Waals surface area contributed by atoms with Crippen LogP contribution in [0.15, 0.2) is 0 Å². The van der Waals surface area contributed by atoms with Crippen molar-refractivity contribution in [3.63, 3.8) is 0 Å². The van der Waals surface area contributed by atoms with Crippen LogP contribution in [0, 0.1) is 0 Å². The Hall–Kier alpha value is -1.14. The zero-order valence-electron chi connectivity index (χ0n) is 12.1. The topological polar surface area (TPSA) is 71.9 Å². The van der Waals surface area contributed by atoms with Gasteiger partial charge in [-0.05, 0) is 12.8 Å². The summed E-state index contributed by atoms with van der Waals surface area (Å²) in [5.41, 5.74) is 0. The number of hydrogen-bond donors (Lipinski definition) is 3. The molecule has 20 heavy (non-hydrogen) atoms. The van der Waals surface area contributed by atoms with E-state index in [4.69, 9.17) is 4.74 Å². The van der Waals surface area contributed by atoms with Gasteiger partial charge in [-0.25, -0.2) is 0 Å². The van der Waals surface area contributed by atoms with Gasteiger partial charge >= 0.3 is 11.8 Å². The van der Waals surface area contributed by atoms with Crippen LogP contribution < -0.4 is 15.5 Å². The molecule has 0 bridgehead atoms. The standard InChI is InChI=1S/C14H25N3O3/c18-13(14(19)16-12-4-2-1-3-5-12)15-6-7-17-8-10-20-11-9-17/h12H,1-11H2,(H,15,18)(H,16,19)/p+1. The lowest BCUT2D eigenvalue weighted by Crippen LogP contribution is -3.14. The van der Waals surface area contributed by atoms with Crippen molar-refractivity contribution in [1.82, 2.24) is 10.6 Å². The summed E-state index contributed by atoms with van der Waals surface area (Å²) in [6.45, 7) is 4.92. The molecule has 0 aromatic heterocycles. The van der Waals surface area contributed by atoms with E-state index in [0.717, 1.165) is 58.5 Å². The zero-order chi connectivity index (χ0) is 14.2. The van der Waals surface area contributed by atoms with E-state index >= 15 is 0 Å². The SMILES string of the molecule is O=C(NCC[NH+]1CCOCC1)C(=O)NC1CCCCC1. The van der Waals surface area contributed by atoms with E-state index in [0.29, 0.717) is 6.54 Å². The van der Waals surface area contributed by atoms with Crippen LogP contribution in [0.1, 0.15) is 32.1 Å². The highest BCUT2D eigenvalue weighted by Gasteiger charge is 2.20. The van der Waals surface area contributed by atoms with Crippen molar-refractivity contribution < 1.29 is 19.2 Å². The summed E-state index contributed by atoms with van der Waals surface area (Å²) in [5, 5.41) is 5.54. The van der Waals surface area contributed by atoms with Gasteiger partial charge in [0.2, 0.25) is 0 Å². The smallest absolute Gasteiger partial charge is 0.309 e. The lowest BCUT2D eigenvalue weighted by Gasteiger charge is -2.24. The Morgan fingerprint density at radius 3 is 2.45 bits per heavy atom. The van der Waals surface area contributed by atoms with Gasteiger partial charge in [-0.2, -0.15) is 0 Å². The van der Waals surface area contributed by atoms with E-state index in [1.54, 1.807) is 0 Å². The van der Waals surface area contributed by atoms with Gasteiger partial charge in [0.1, 0.15) is 13.1 Å². The minimum absolute atomic E-state index is 0.187. The van der Waals surface area contributed by atoms with Crippen molar-refractivity contribution in [3.05, 3.63) is 0 Å². The Morgan fingerprint density at radius 2 is 1.75 bits per heavy atom. The number of carbonyl (C=O) groups is 2. The average molecular weight is 284 g/mol. The lowest BCUT2D eigenvalue weighted by atomic mass is 9.95. The maximum absolute atomic E-state index is 11.7. The van der Waals surface area contributed by atoms with Gasteiger partial charge in [0.25, 0.3) is 0 Å². The van der Waals surface area contributed by atoms with Gasteiger partial charge in [-0.3, -0.25) is 9.59 Å². The first kappa shape index (κ1) is 15.3. The van der Waals surface area contributed by atoms with Gasteiger partial charge in [-0.15, -0.1) is 0 Å². The predicted octanol–water partition coefficient (Wildman–Crippen LogP) is -1.53. The van der Waals surface area contributed by atoms with Gasteiger partial charge in [-0.1, -0.05) is 19.3 Å². The number of ether oxygens (including phenoxy) is 1. The van der Waals surface area contributed by atoms with Crippen molar-refractivity contribution in [2.24, 2.45) is 0 Å². The summed E-state index contributed by atoms with van der Waals surface area (Å²) in [5.74, 6) is -0.975. The van der Waals surface area contributed by atoms with Crippen LogP contribution in [-0.2, 0) is 14.3 Å². The number of nitrogens with one attached hydrogen (secondary N) is 3. The lowest BCUT2D eigenvalue weighted by molar-refractivity contribution is -0.906. The molecule has 0 unspecified atom stereocenters. The van der Waals surface area contributed by atoms with Crippen LogP contribution in [0.3, 0.4) is 0 Å². The Labute approximate surface area is 120 Å². The summed E-state index contributed by atoms with van der Waals surface area (Å²) < 4.78 is 5.28. The maximum Gasteiger partial charge on any atom is 0.309 e. The molecule has 1 aliphatic heterocycles. The molecule has 6 nitrogen and oxygen atoms in total. The third kappa shape index (κ3) is 5.09. The maximum atomic E-state index is 11.7. The monoisotopic (exact) mass is 284 g/mol. The molecule has 0 aromatic carbocycles. The number of rotatable bonds is 4. The number of hydrogen-bond acceptors (Lipinski definition) is 3. The predicted molar refractivity (Wildman–Crippen MR) is 74.4 cm³/mol. The molecule has 1 heterocycles. The van der Waals surface area contributed by atoms with E-state index in [-0.39, 0.29) is 6.04 Å². The summed E-state index contributed by atoms with van der Waals surface area (Å²) >= 11 is 0. The molecule has 0 spiro atoms. The number of amides is 2. The minimum Gasteiger partial charge on any atom is -0.370 e. The second kappa shape index (κ2) is 8.21. The quantitative estimate of drug-likeness (QED) is 0.548. The summed E-state index contributed by atoms with van der Waals surface area (Å²) in [6, 6.07) is 0.187. The van der Waals surface area contributed by atoms with Crippen molar-refractivity contribution >= 4 is 11.8 Å². The van der Waals surface area contributed by atoms with Crippen LogP contribution in [0.4, 0.5) is 0 Å². The van der Waals surface area contributed by atoms with Gasteiger partial charge in [0.15, 0.2) is 0 Å². The summed E-state index contributed by atoms with van der Waals surface area (Å²) in [7, 11) is 0. The van der Waals surface area contributed by atoms with Crippen LogP contribution >= 0.6 is 0 Å². The number of morpholine rings is 1. The Morgan fingerprint density at radius 1 is 1.05 bits per heavy atom. The molecule has 0 atom stereocenters. The molecule has 1 saturated carbocycles. The first-order valence-electron chi connectivity index (χ1n) is 7.75. The second-order valence-electron chi connectivity index (χ2n) is 5.68. The van der Waals surface area contributed by atoms with Crippen LogP contribution in [0.25, 0.3) is 0 Å². The highest BCUT2D eigenvalue weighted by Crippen LogP contribution is 2.17. The normalized spacial score (nSPS) is 21.4. The molecule has 0 radical (unpaired) electrons. The molecule has 3 N–H and O–H groups in total. The molecule has 6 heteroatoms. The van der Waals surface area contributed by atoms with Crippen molar-refractivity contribution in [3.8, 4) is 0 Å². The largest absolute Gasteiger partial charge is 0.370 e. The fraction of sp³-hybridized carbons (Fsp3) is 0.857. The van der Waals surface area contributed by atoms with Gasteiger partial charge < -0.3 is 20.3 Å². The molecule has 1 saturated heterocycles. The first-order valence-corrected chi connectivity index (χ1v) is 7.75. The van der Waals surface area contributed by atoms with Crippen molar-refractivity contribution in [2.75, 3.05) is 39.4 Å². The fourth-order valence-corrected chi connectivity index (χ4v) is 2.84. The molecule has 2 fully saturated rings. The van der Waals surface area contributed by atoms with E-state index < -0.39 is 11.8 Å². The third-order valence-electron chi connectivity index (χ3n) is 4.11. The molecule has 114 valence electrons. The second-order valence-corrected chi connectivity index (χ2v) is 5.68. The van der Waals surface area contributed by atoms with E-state index in [1.165, 1.54) is 11.3 Å². The first-order chi connectivity index (χ1) is 9.75. The highest BCUT2D eigenvalue weighted by molar-refractivity contribution is 6.35. The van der Waals surface area contributed by atoms with Crippen LogP contribution in [0.2, 0.25) is 0 Å². The molecule has 2 amide bonds. The highest BCUT2D eigenvalue weighted by atomic mass is 16.5. The Kier molecular flexibility index (Phi) is 6.26. The number of carbonyl (C=O) groups excluding carboxylic acids is 2. The van der Waals surface area contributed by atoms with Crippen molar-refractivity contribution in [2.45, 2.75) is 38.1 Å². The van der Waals surface area contributed by atoms with E-state index in [1.807, 2.05) is 0 Å². The molecule has 0 aromatic rings. The Bertz CT molecular complexity index is 324. The average Bonchev–Trinajstić information content (AvgIpc) is 2.49. The number of quaternary nitrogens is 1. The van der Waals surface area contributed by atoms with Crippen LogP contribution in [-0.4, -0.2) is 57.2 Å². The van der Waals surface area contributed by atoms with E-state index in [2.05, 4.69) is 10.6 Å². The van der Waals surface area contributed by atoms with Crippen LogP contribution in [0.5, 0.6) is 0 Å². The summed E-state index contributed by atoms with van der Waals surface area (Å²) in [6.07, 6.45) is 5.52.